The first-order chi connectivity index (χ1) is 19.6. The van der Waals surface area contributed by atoms with Crippen molar-refractivity contribution in [3.05, 3.63) is 126 Å². The van der Waals surface area contributed by atoms with Crippen molar-refractivity contribution < 1.29 is 19.1 Å². The summed E-state index contributed by atoms with van der Waals surface area (Å²) in [6, 6.07) is 36.2. The number of anilines is 2. The first-order valence-corrected chi connectivity index (χ1v) is 13.6. The lowest BCUT2D eigenvalue weighted by molar-refractivity contribution is -0.115. The van der Waals surface area contributed by atoms with E-state index in [0.29, 0.717) is 22.7 Å². The maximum atomic E-state index is 13.5. The van der Waals surface area contributed by atoms with E-state index in [4.69, 9.17) is 9.47 Å². The van der Waals surface area contributed by atoms with Crippen LogP contribution in [0.15, 0.2) is 120 Å². The zero-order valence-corrected chi connectivity index (χ0v) is 22.9. The molecule has 0 aromatic heterocycles. The number of rotatable bonds is 9. The van der Waals surface area contributed by atoms with Crippen molar-refractivity contribution in [1.82, 2.24) is 0 Å². The summed E-state index contributed by atoms with van der Waals surface area (Å²) in [7, 11) is 3.02. The van der Waals surface area contributed by atoms with Crippen LogP contribution < -0.4 is 20.1 Å². The van der Waals surface area contributed by atoms with E-state index in [0.717, 1.165) is 26.9 Å². The average Bonchev–Trinajstić information content (AvgIpc) is 3.00. The second kappa shape index (κ2) is 12.4. The predicted octanol–water partition coefficient (Wildman–Crippen LogP) is 7.58. The number of benzene rings is 5. The number of thioether (sulfide) groups is 1. The Balaban J connectivity index is 1.33. The summed E-state index contributed by atoms with van der Waals surface area (Å²) in [5.74, 6) is 0.387. The molecule has 0 heterocycles. The number of methoxy groups -OCH3 is 2. The van der Waals surface area contributed by atoms with Gasteiger partial charge in [0.15, 0.2) is 0 Å². The second-order valence-electron chi connectivity index (χ2n) is 8.98. The summed E-state index contributed by atoms with van der Waals surface area (Å²) in [6.07, 6.45) is 0. The number of nitrogens with one attached hydrogen (secondary N) is 2. The minimum atomic E-state index is -0.481. The molecule has 6 nitrogen and oxygen atoms in total. The van der Waals surface area contributed by atoms with Crippen molar-refractivity contribution in [2.75, 3.05) is 24.9 Å². The molecule has 200 valence electrons. The summed E-state index contributed by atoms with van der Waals surface area (Å²) in [4.78, 5) is 27.5. The number of hydrogen-bond acceptors (Lipinski definition) is 5. The van der Waals surface area contributed by atoms with Crippen molar-refractivity contribution in [2.24, 2.45) is 0 Å². The Bertz CT molecular complexity index is 1620. The summed E-state index contributed by atoms with van der Waals surface area (Å²) >= 11 is 1.44. The van der Waals surface area contributed by atoms with E-state index in [2.05, 4.69) is 10.6 Å². The van der Waals surface area contributed by atoms with Crippen LogP contribution >= 0.6 is 11.8 Å². The summed E-state index contributed by atoms with van der Waals surface area (Å²) in [5.41, 5.74) is 2.57. The summed E-state index contributed by atoms with van der Waals surface area (Å²) in [6.45, 7) is 0. The average molecular weight is 549 g/mol. The van der Waals surface area contributed by atoms with Crippen molar-refractivity contribution in [1.29, 1.82) is 0 Å². The molecule has 0 fully saturated rings. The van der Waals surface area contributed by atoms with Gasteiger partial charge in [0, 0.05) is 16.3 Å². The molecule has 40 heavy (non-hydrogen) atoms. The van der Waals surface area contributed by atoms with Gasteiger partial charge in [0.2, 0.25) is 5.91 Å². The second-order valence-corrected chi connectivity index (χ2v) is 10.2. The van der Waals surface area contributed by atoms with Crippen LogP contribution in [0.2, 0.25) is 0 Å². The van der Waals surface area contributed by atoms with Gasteiger partial charge in [0.1, 0.15) is 22.3 Å². The van der Waals surface area contributed by atoms with Crippen LogP contribution in [0.3, 0.4) is 0 Å². The number of ether oxygens (including phenoxy) is 2. The van der Waals surface area contributed by atoms with E-state index in [9.17, 15) is 9.59 Å². The molecule has 1 unspecified atom stereocenters. The third-order valence-electron chi connectivity index (χ3n) is 6.38. The van der Waals surface area contributed by atoms with Gasteiger partial charge in [-0.3, -0.25) is 9.59 Å². The van der Waals surface area contributed by atoms with Gasteiger partial charge in [-0.15, -0.1) is 11.8 Å². The van der Waals surface area contributed by atoms with Crippen molar-refractivity contribution in [3.8, 4) is 11.5 Å². The van der Waals surface area contributed by atoms with Gasteiger partial charge in [-0.05, 0) is 64.9 Å². The van der Waals surface area contributed by atoms with E-state index >= 15 is 0 Å². The molecule has 1 atom stereocenters. The first-order valence-electron chi connectivity index (χ1n) is 12.7. The molecule has 2 N–H and O–H groups in total. The maximum absolute atomic E-state index is 13.5. The molecule has 5 aromatic rings. The fourth-order valence-corrected chi connectivity index (χ4v) is 5.42. The Morgan fingerprint density at radius 1 is 0.650 bits per heavy atom. The molecule has 0 saturated heterocycles. The largest absolute Gasteiger partial charge is 0.496 e. The van der Waals surface area contributed by atoms with Crippen LogP contribution in [0.1, 0.15) is 21.2 Å². The fraction of sp³-hybridized carbons (Fsp3) is 0.0909. The molecule has 0 aliphatic carbocycles. The molecule has 2 amide bonds. The number of hydrogen-bond donors (Lipinski definition) is 2. The zero-order valence-electron chi connectivity index (χ0n) is 22.1. The standard InChI is InChI=1S/C33H28N2O4S/c1-38-28-13-8-14-29(39-2)30(28)32(36)34-25-17-19-27(20-18-25)40-31(23-10-4-3-5-11-23)33(37)35-26-16-15-22-9-6-7-12-24(22)21-26/h3-21,31H,1-2H3,(H,34,36)(H,35,37). The highest BCUT2D eigenvalue weighted by atomic mass is 32.2. The molecule has 5 rings (SSSR count). The van der Waals surface area contributed by atoms with Crippen LogP contribution in [0.25, 0.3) is 10.8 Å². The van der Waals surface area contributed by atoms with E-state index < -0.39 is 5.25 Å². The van der Waals surface area contributed by atoms with Gasteiger partial charge in [-0.2, -0.15) is 0 Å². The van der Waals surface area contributed by atoms with Crippen LogP contribution in [-0.4, -0.2) is 26.0 Å². The van der Waals surface area contributed by atoms with E-state index in [1.54, 1.807) is 18.2 Å². The number of amides is 2. The van der Waals surface area contributed by atoms with E-state index in [1.807, 2.05) is 97.1 Å². The molecular formula is C33H28N2O4S. The monoisotopic (exact) mass is 548 g/mol. The van der Waals surface area contributed by atoms with Crippen molar-refractivity contribution in [3.63, 3.8) is 0 Å². The normalized spacial score (nSPS) is 11.4. The lowest BCUT2D eigenvalue weighted by Crippen LogP contribution is -2.19. The van der Waals surface area contributed by atoms with Gasteiger partial charge in [-0.25, -0.2) is 0 Å². The summed E-state index contributed by atoms with van der Waals surface area (Å²) < 4.78 is 10.7. The number of carbonyl (C=O) groups is 2. The van der Waals surface area contributed by atoms with Gasteiger partial charge in [-0.1, -0.05) is 66.7 Å². The minimum absolute atomic E-state index is 0.118. The lowest BCUT2D eigenvalue weighted by atomic mass is 10.1. The van der Waals surface area contributed by atoms with Crippen molar-refractivity contribution in [2.45, 2.75) is 10.1 Å². The molecule has 5 aromatic carbocycles. The van der Waals surface area contributed by atoms with Gasteiger partial charge in [0.05, 0.1) is 14.2 Å². The van der Waals surface area contributed by atoms with Gasteiger partial charge < -0.3 is 20.1 Å². The minimum Gasteiger partial charge on any atom is -0.496 e. The highest BCUT2D eigenvalue weighted by Crippen LogP contribution is 2.37. The van der Waals surface area contributed by atoms with Crippen molar-refractivity contribution >= 4 is 45.7 Å². The van der Waals surface area contributed by atoms with Crippen LogP contribution in [0, 0.1) is 0 Å². The van der Waals surface area contributed by atoms with E-state index in [1.165, 1.54) is 26.0 Å². The Labute approximate surface area is 237 Å². The van der Waals surface area contributed by atoms with Crippen LogP contribution in [0.5, 0.6) is 11.5 Å². The smallest absolute Gasteiger partial charge is 0.263 e. The third-order valence-corrected chi connectivity index (χ3v) is 7.64. The molecule has 0 aliphatic heterocycles. The zero-order chi connectivity index (χ0) is 27.9. The van der Waals surface area contributed by atoms with Crippen LogP contribution in [0.4, 0.5) is 11.4 Å². The molecule has 0 radical (unpaired) electrons. The molecule has 0 aliphatic rings. The number of fused-ring (bicyclic) bond motifs is 1. The highest BCUT2D eigenvalue weighted by molar-refractivity contribution is 8.00. The van der Waals surface area contributed by atoms with Gasteiger partial charge in [0.25, 0.3) is 5.91 Å². The Morgan fingerprint density at radius 3 is 1.95 bits per heavy atom. The van der Waals surface area contributed by atoms with E-state index in [-0.39, 0.29) is 11.8 Å². The predicted molar refractivity (Wildman–Crippen MR) is 162 cm³/mol. The maximum Gasteiger partial charge on any atom is 0.263 e. The molecule has 0 saturated carbocycles. The molecule has 7 heteroatoms. The topological polar surface area (TPSA) is 76.7 Å². The Hall–Kier alpha value is -4.75. The highest BCUT2D eigenvalue weighted by Gasteiger charge is 2.23. The number of carbonyl (C=O) groups excluding carboxylic acids is 2. The van der Waals surface area contributed by atoms with Crippen LogP contribution in [-0.2, 0) is 4.79 Å². The molecule has 0 bridgehead atoms. The lowest BCUT2D eigenvalue weighted by Gasteiger charge is -2.18. The molecular weight excluding hydrogens is 520 g/mol. The third kappa shape index (κ3) is 6.11. The quantitative estimate of drug-likeness (QED) is 0.186. The SMILES string of the molecule is COc1cccc(OC)c1C(=O)Nc1ccc(SC(C(=O)Nc2ccc3ccccc3c2)c2ccccc2)cc1. The molecule has 0 spiro atoms. The summed E-state index contributed by atoms with van der Waals surface area (Å²) in [5, 5.41) is 7.69. The fourth-order valence-electron chi connectivity index (χ4n) is 4.40. The Morgan fingerprint density at radius 2 is 1.27 bits per heavy atom. The first kappa shape index (κ1) is 26.8. The van der Waals surface area contributed by atoms with Gasteiger partial charge >= 0.3 is 0 Å². The Kier molecular flexibility index (Phi) is 8.32.